The molecule has 0 fully saturated rings. The quantitative estimate of drug-likeness (QED) is 0.777. The maximum atomic E-state index is 11.9. The lowest BCUT2D eigenvalue weighted by Gasteiger charge is -2.06. The summed E-state index contributed by atoms with van der Waals surface area (Å²) in [5.41, 5.74) is 0.875. The molecule has 1 aromatic heterocycles. The molecule has 1 amide bonds. The van der Waals surface area contributed by atoms with Gasteiger partial charge in [-0.2, -0.15) is 0 Å². The average molecular weight is 386 g/mol. The smallest absolute Gasteiger partial charge is 0.358 e. The van der Waals surface area contributed by atoms with Gasteiger partial charge in [-0.05, 0) is 47.7 Å². The highest BCUT2D eigenvalue weighted by Gasteiger charge is 2.16. The molecule has 20 heavy (non-hydrogen) atoms. The fourth-order valence-corrected chi connectivity index (χ4v) is 2.15. The van der Waals surface area contributed by atoms with Crippen molar-refractivity contribution in [1.82, 2.24) is 15.0 Å². The SMILES string of the molecule is Cc1c(C(=O)O)nnn1CC(=O)Nc1cccc(I)c1. The van der Waals surface area contributed by atoms with E-state index < -0.39 is 5.97 Å². The number of carboxylic acid groups (broad SMARTS) is 1. The van der Waals surface area contributed by atoms with Crippen LogP contribution in [0.3, 0.4) is 0 Å². The van der Waals surface area contributed by atoms with E-state index in [1.807, 2.05) is 18.2 Å². The molecule has 0 atom stereocenters. The molecule has 2 aromatic rings. The number of hydrogen-bond acceptors (Lipinski definition) is 4. The Kier molecular flexibility index (Phi) is 4.32. The van der Waals surface area contributed by atoms with Crippen molar-refractivity contribution >= 4 is 40.2 Å². The Hall–Kier alpha value is -1.97. The van der Waals surface area contributed by atoms with Crippen molar-refractivity contribution in [2.75, 3.05) is 5.32 Å². The summed E-state index contributed by atoms with van der Waals surface area (Å²) < 4.78 is 2.26. The number of anilines is 1. The first-order valence-electron chi connectivity index (χ1n) is 5.66. The second-order valence-corrected chi connectivity index (χ2v) is 5.29. The molecule has 0 spiro atoms. The molecule has 0 aliphatic carbocycles. The van der Waals surface area contributed by atoms with Crippen LogP contribution in [0.5, 0.6) is 0 Å². The second-order valence-electron chi connectivity index (χ2n) is 4.04. The van der Waals surface area contributed by atoms with Crippen LogP contribution in [0.25, 0.3) is 0 Å². The number of carboxylic acids is 1. The standard InChI is InChI=1S/C12H11IN4O3/c1-7-11(12(19)20)15-16-17(7)6-10(18)14-9-4-2-3-8(13)5-9/h2-5H,6H2,1H3,(H,14,18)(H,19,20). The van der Waals surface area contributed by atoms with Crippen LogP contribution in [0.1, 0.15) is 16.2 Å². The van der Waals surface area contributed by atoms with Gasteiger partial charge in [-0.3, -0.25) is 4.79 Å². The van der Waals surface area contributed by atoms with E-state index in [1.165, 1.54) is 4.68 Å². The first-order chi connectivity index (χ1) is 9.47. The van der Waals surface area contributed by atoms with Gasteiger partial charge >= 0.3 is 5.97 Å². The van der Waals surface area contributed by atoms with E-state index in [-0.39, 0.29) is 18.1 Å². The predicted octanol–water partition coefficient (Wildman–Crippen LogP) is 1.53. The average Bonchev–Trinajstić information content (AvgIpc) is 2.71. The molecule has 2 rings (SSSR count). The van der Waals surface area contributed by atoms with E-state index in [1.54, 1.807) is 13.0 Å². The first-order valence-corrected chi connectivity index (χ1v) is 6.74. The van der Waals surface area contributed by atoms with Crippen molar-refractivity contribution < 1.29 is 14.7 Å². The molecule has 2 N–H and O–H groups in total. The van der Waals surface area contributed by atoms with Crippen LogP contribution in [-0.4, -0.2) is 32.0 Å². The lowest BCUT2D eigenvalue weighted by Crippen LogP contribution is -2.20. The topological polar surface area (TPSA) is 97.1 Å². The second kappa shape index (κ2) is 5.99. The lowest BCUT2D eigenvalue weighted by atomic mass is 10.3. The number of benzene rings is 1. The zero-order chi connectivity index (χ0) is 14.7. The number of aromatic carboxylic acids is 1. The van der Waals surface area contributed by atoms with E-state index in [2.05, 4.69) is 38.2 Å². The minimum Gasteiger partial charge on any atom is -0.476 e. The molecule has 0 unspecified atom stereocenters. The van der Waals surface area contributed by atoms with Crippen LogP contribution >= 0.6 is 22.6 Å². The molecule has 0 saturated carbocycles. The van der Waals surface area contributed by atoms with E-state index >= 15 is 0 Å². The normalized spacial score (nSPS) is 10.3. The van der Waals surface area contributed by atoms with Gasteiger partial charge in [-0.1, -0.05) is 11.3 Å². The highest BCUT2D eigenvalue weighted by molar-refractivity contribution is 14.1. The molecular formula is C12H11IN4O3. The van der Waals surface area contributed by atoms with Crippen molar-refractivity contribution in [1.29, 1.82) is 0 Å². The molecule has 1 aromatic carbocycles. The Morgan fingerprint density at radius 1 is 1.45 bits per heavy atom. The minimum absolute atomic E-state index is 0.0857. The van der Waals surface area contributed by atoms with Gasteiger partial charge in [0.05, 0.1) is 5.69 Å². The van der Waals surface area contributed by atoms with E-state index in [0.717, 1.165) is 3.57 Å². The van der Waals surface area contributed by atoms with Gasteiger partial charge in [-0.25, -0.2) is 9.48 Å². The summed E-state index contributed by atoms with van der Waals surface area (Å²) in [5.74, 6) is -1.45. The molecule has 7 nitrogen and oxygen atoms in total. The van der Waals surface area contributed by atoms with Crippen LogP contribution in [0.15, 0.2) is 24.3 Å². The third kappa shape index (κ3) is 3.32. The maximum Gasteiger partial charge on any atom is 0.358 e. The van der Waals surface area contributed by atoms with E-state index in [0.29, 0.717) is 11.4 Å². The van der Waals surface area contributed by atoms with Crippen LogP contribution < -0.4 is 5.32 Å². The summed E-state index contributed by atoms with van der Waals surface area (Å²) in [6.07, 6.45) is 0. The summed E-state index contributed by atoms with van der Waals surface area (Å²) in [7, 11) is 0. The Bertz CT molecular complexity index is 668. The molecule has 8 heteroatoms. The van der Waals surface area contributed by atoms with Gasteiger partial charge in [0, 0.05) is 9.26 Å². The Labute approximate surface area is 128 Å². The maximum absolute atomic E-state index is 11.9. The summed E-state index contributed by atoms with van der Waals surface area (Å²) in [6, 6.07) is 7.35. The lowest BCUT2D eigenvalue weighted by molar-refractivity contribution is -0.117. The zero-order valence-electron chi connectivity index (χ0n) is 10.5. The van der Waals surface area contributed by atoms with Crippen LogP contribution in [-0.2, 0) is 11.3 Å². The van der Waals surface area contributed by atoms with Crippen molar-refractivity contribution in [2.24, 2.45) is 0 Å². The fourth-order valence-electron chi connectivity index (χ4n) is 1.61. The van der Waals surface area contributed by atoms with Crippen molar-refractivity contribution in [2.45, 2.75) is 13.5 Å². The molecule has 0 aliphatic heterocycles. The molecule has 0 aliphatic rings. The zero-order valence-corrected chi connectivity index (χ0v) is 12.7. The van der Waals surface area contributed by atoms with Gasteiger partial charge in [0.25, 0.3) is 0 Å². The van der Waals surface area contributed by atoms with Crippen LogP contribution in [0.4, 0.5) is 5.69 Å². The van der Waals surface area contributed by atoms with Crippen molar-refractivity contribution in [3.8, 4) is 0 Å². The third-order valence-electron chi connectivity index (χ3n) is 2.59. The number of nitrogens with zero attached hydrogens (tertiary/aromatic N) is 3. The number of carbonyl (C=O) groups excluding carboxylic acids is 1. The summed E-state index contributed by atoms with van der Waals surface area (Å²) >= 11 is 2.15. The monoisotopic (exact) mass is 386 g/mol. The first kappa shape index (κ1) is 14.4. The predicted molar refractivity (Wildman–Crippen MR) is 79.5 cm³/mol. The fraction of sp³-hybridized carbons (Fsp3) is 0.167. The number of nitrogens with one attached hydrogen (secondary N) is 1. The molecule has 0 radical (unpaired) electrons. The summed E-state index contributed by atoms with van der Waals surface area (Å²) in [4.78, 5) is 22.7. The van der Waals surface area contributed by atoms with Gasteiger partial charge in [0.15, 0.2) is 5.69 Å². The highest BCUT2D eigenvalue weighted by atomic mass is 127. The largest absolute Gasteiger partial charge is 0.476 e. The van der Waals surface area contributed by atoms with Gasteiger partial charge in [0.2, 0.25) is 5.91 Å². The summed E-state index contributed by atoms with van der Waals surface area (Å²) in [5, 5.41) is 18.8. The highest BCUT2D eigenvalue weighted by Crippen LogP contribution is 2.12. The van der Waals surface area contributed by atoms with E-state index in [4.69, 9.17) is 5.11 Å². The molecule has 1 heterocycles. The number of aromatic nitrogens is 3. The molecule has 0 saturated heterocycles. The summed E-state index contributed by atoms with van der Waals surface area (Å²) in [6.45, 7) is 1.47. The van der Waals surface area contributed by atoms with Gasteiger partial charge < -0.3 is 10.4 Å². The van der Waals surface area contributed by atoms with Crippen LogP contribution in [0, 0.1) is 10.5 Å². The number of hydrogen-bond donors (Lipinski definition) is 2. The van der Waals surface area contributed by atoms with Gasteiger partial charge in [-0.15, -0.1) is 5.10 Å². The number of amides is 1. The Balaban J connectivity index is 2.07. The molecule has 0 bridgehead atoms. The van der Waals surface area contributed by atoms with Crippen molar-refractivity contribution in [3.05, 3.63) is 39.2 Å². The molecule has 104 valence electrons. The Morgan fingerprint density at radius 3 is 2.80 bits per heavy atom. The number of rotatable bonds is 4. The Morgan fingerprint density at radius 2 is 2.20 bits per heavy atom. The number of carbonyl (C=O) groups is 2. The molecular weight excluding hydrogens is 375 g/mol. The third-order valence-corrected chi connectivity index (χ3v) is 3.26. The van der Waals surface area contributed by atoms with Gasteiger partial charge in [0.1, 0.15) is 6.54 Å². The van der Waals surface area contributed by atoms with E-state index in [9.17, 15) is 9.59 Å². The minimum atomic E-state index is -1.16. The number of halogens is 1. The van der Waals surface area contributed by atoms with Crippen molar-refractivity contribution in [3.63, 3.8) is 0 Å². The van der Waals surface area contributed by atoms with Crippen LogP contribution in [0.2, 0.25) is 0 Å².